The number of hydrogen-bond donors (Lipinski definition) is 2. The third-order valence-corrected chi connectivity index (χ3v) is 6.54. The van der Waals surface area contributed by atoms with Gasteiger partial charge in [-0.3, -0.25) is 4.79 Å². The summed E-state index contributed by atoms with van der Waals surface area (Å²) < 4.78 is 27.4. The summed E-state index contributed by atoms with van der Waals surface area (Å²) in [6.07, 6.45) is 2.88. The zero-order chi connectivity index (χ0) is 17.3. The van der Waals surface area contributed by atoms with Crippen molar-refractivity contribution in [3.05, 3.63) is 29.3 Å². The summed E-state index contributed by atoms with van der Waals surface area (Å²) in [6.45, 7) is 3.28. The maximum Gasteiger partial charge on any atom is 0.241 e. The molecule has 2 saturated heterocycles. The van der Waals surface area contributed by atoms with E-state index in [-0.39, 0.29) is 35.3 Å². The summed E-state index contributed by atoms with van der Waals surface area (Å²) >= 11 is 5.79. The van der Waals surface area contributed by atoms with E-state index in [9.17, 15) is 13.2 Å². The van der Waals surface area contributed by atoms with Gasteiger partial charge in [0.15, 0.2) is 0 Å². The summed E-state index contributed by atoms with van der Waals surface area (Å²) in [5, 5.41) is 3.80. The van der Waals surface area contributed by atoms with Gasteiger partial charge in [0.05, 0.1) is 10.9 Å². The van der Waals surface area contributed by atoms with Crippen LogP contribution in [0.5, 0.6) is 0 Å². The average molecular weight is 408 g/mol. The van der Waals surface area contributed by atoms with Crippen LogP contribution in [-0.2, 0) is 14.8 Å². The largest absolute Gasteiger partial charge is 0.334 e. The Morgan fingerprint density at radius 1 is 1.24 bits per heavy atom. The first-order valence-corrected chi connectivity index (χ1v) is 10.1. The topological polar surface area (TPSA) is 78.5 Å². The first-order valence-electron chi connectivity index (χ1n) is 8.19. The standard InChI is InChI=1S/C16H22ClN3O3S.ClH/c1-11(19-24(22,23)15-6-2-12(17)3-7-15)16(21)20-13-4-5-14(20)10-18-9-8-13;/h2-3,6-7,11,13-14,18-19H,4-5,8-10H2,1H3;1H. The second kappa shape index (κ2) is 8.22. The predicted octanol–water partition coefficient (Wildman–Crippen LogP) is 1.78. The molecule has 1 aromatic rings. The highest BCUT2D eigenvalue weighted by Crippen LogP contribution is 2.28. The summed E-state index contributed by atoms with van der Waals surface area (Å²) in [4.78, 5) is 14.8. The van der Waals surface area contributed by atoms with E-state index >= 15 is 0 Å². The van der Waals surface area contributed by atoms with E-state index in [0.29, 0.717) is 5.02 Å². The number of hydrogen-bond acceptors (Lipinski definition) is 4. The van der Waals surface area contributed by atoms with Crippen molar-refractivity contribution < 1.29 is 13.2 Å². The van der Waals surface area contributed by atoms with Crippen molar-refractivity contribution in [3.8, 4) is 0 Å². The molecule has 2 bridgehead atoms. The maximum atomic E-state index is 12.8. The minimum atomic E-state index is -3.76. The summed E-state index contributed by atoms with van der Waals surface area (Å²) in [6, 6.07) is 5.47. The Balaban J connectivity index is 0.00000225. The molecule has 3 rings (SSSR count). The molecule has 3 atom stereocenters. The molecule has 0 saturated carbocycles. The highest BCUT2D eigenvalue weighted by atomic mass is 35.5. The van der Waals surface area contributed by atoms with Crippen LogP contribution in [0, 0.1) is 0 Å². The Labute approximate surface area is 159 Å². The summed E-state index contributed by atoms with van der Waals surface area (Å²) in [5.74, 6) is -0.149. The lowest BCUT2D eigenvalue weighted by Gasteiger charge is -2.30. The minimum absolute atomic E-state index is 0. The Kier molecular flexibility index (Phi) is 6.73. The molecule has 2 N–H and O–H groups in total. The normalized spacial score (nSPS) is 24.3. The molecule has 25 heavy (non-hydrogen) atoms. The van der Waals surface area contributed by atoms with Crippen molar-refractivity contribution >= 4 is 39.9 Å². The molecule has 1 amide bonds. The third kappa shape index (κ3) is 4.46. The number of sulfonamides is 1. The van der Waals surface area contributed by atoms with E-state index in [4.69, 9.17) is 11.6 Å². The van der Waals surface area contributed by atoms with Crippen LogP contribution < -0.4 is 10.0 Å². The molecule has 2 fully saturated rings. The lowest BCUT2D eigenvalue weighted by atomic mass is 10.1. The number of benzene rings is 1. The molecule has 9 heteroatoms. The highest BCUT2D eigenvalue weighted by molar-refractivity contribution is 7.89. The average Bonchev–Trinajstić information content (AvgIpc) is 2.79. The molecule has 2 aliphatic rings. The van der Waals surface area contributed by atoms with Crippen LogP contribution in [0.15, 0.2) is 29.2 Å². The molecule has 2 heterocycles. The Morgan fingerprint density at radius 2 is 1.88 bits per heavy atom. The van der Waals surface area contributed by atoms with Crippen LogP contribution in [0.3, 0.4) is 0 Å². The molecule has 2 aliphatic heterocycles. The third-order valence-electron chi connectivity index (χ3n) is 4.73. The van der Waals surface area contributed by atoms with Crippen LogP contribution in [-0.4, -0.2) is 50.4 Å². The predicted molar refractivity (Wildman–Crippen MR) is 99.6 cm³/mol. The van der Waals surface area contributed by atoms with E-state index in [0.717, 1.165) is 32.4 Å². The summed E-state index contributed by atoms with van der Waals surface area (Å²) in [5.41, 5.74) is 0. The van der Waals surface area contributed by atoms with Gasteiger partial charge in [-0.25, -0.2) is 8.42 Å². The molecule has 0 spiro atoms. The molecular formula is C16H23Cl2N3O3S. The first-order chi connectivity index (χ1) is 11.4. The number of halogens is 2. The van der Waals surface area contributed by atoms with Gasteiger partial charge >= 0.3 is 0 Å². The van der Waals surface area contributed by atoms with Crippen LogP contribution in [0.2, 0.25) is 5.02 Å². The van der Waals surface area contributed by atoms with Gasteiger partial charge in [-0.2, -0.15) is 4.72 Å². The number of amides is 1. The van der Waals surface area contributed by atoms with Crippen molar-refractivity contribution in [3.63, 3.8) is 0 Å². The Bertz CT molecular complexity index is 698. The van der Waals surface area contributed by atoms with E-state index in [1.807, 2.05) is 4.90 Å². The fourth-order valence-corrected chi connectivity index (χ4v) is 4.85. The SMILES string of the molecule is CC(NS(=O)(=O)c1ccc(Cl)cc1)C(=O)N1C2CCNCC1CC2.Cl. The van der Waals surface area contributed by atoms with Gasteiger partial charge in [-0.05, 0) is 57.0 Å². The van der Waals surface area contributed by atoms with E-state index in [1.165, 1.54) is 24.3 Å². The molecule has 140 valence electrons. The van der Waals surface area contributed by atoms with Gasteiger partial charge in [0.2, 0.25) is 15.9 Å². The minimum Gasteiger partial charge on any atom is -0.334 e. The van der Waals surface area contributed by atoms with Gasteiger partial charge in [0.1, 0.15) is 0 Å². The van der Waals surface area contributed by atoms with Crippen molar-refractivity contribution in [2.24, 2.45) is 0 Å². The Hall–Kier alpha value is -0.860. The molecule has 0 aliphatic carbocycles. The van der Waals surface area contributed by atoms with Crippen molar-refractivity contribution in [2.45, 2.75) is 49.2 Å². The van der Waals surface area contributed by atoms with Crippen LogP contribution in [0.1, 0.15) is 26.2 Å². The molecule has 6 nitrogen and oxygen atoms in total. The van der Waals surface area contributed by atoms with E-state index in [2.05, 4.69) is 10.0 Å². The van der Waals surface area contributed by atoms with Gasteiger partial charge in [0, 0.05) is 23.7 Å². The van der Waals surface area contributed by atoms with Gasteiger partial charge in [-0.1, -0.05) is 11.6 Å². The van der Waals surface area contributed by atoms with Gasteiger partial charge in [0.25, 0.3) is 0 Å². The van der Waals surface area contributed by atoms with Crippen molar-refractivity contribution in [2.75, 3.05) is 13.1 Å². The zero-order valence-corrected chi connectivity index (χ0v) is 16.3. The molecule has 0 radical (unpaired) electrons. The highest BCUT2D eigenvalue weighted by Gasteiger charge is 2.40. The number of nitrogens with one attached hydrogen (secondary N) is 2. The number of carbonyl (C=O) groups excluding carboxylic acids is 1. The van der Waals surface area contributed by atoms with Gasteiger partial charge < -0.3 is 10.2 Å². The van der Waals surface area contributed by atoms with Crippen LogP contribution in [0.4, 0.5) is 0 Å². The molecule has 1 aromatic carbocycles. The van der Waals surface area contributed by atoms with Crippen LogP contribution in [0.25, 0.3) is 0 Å². The smallest absolute Gasteiger partial charge is 0.241 e. The molecule has 0 aromatic heterocycles. The van der Waals surface area contributed by atoms with E-state index < -0.39 is 16.1 Å². The number of nitrogens with zero attached hydrogens (tertiary/aromatic N) is 1. The monoisotopic (exact) mass is 407 g/mol. The molecular weight excluding hydrogens is 385 g/mol. The Morgan fingerprint density at radius 3 is 2.56 bits per heavy atom. The number of fused-ring (bicyclic) bond motifs is 2. The van der Waals surface area contributed by atoms with Crippen molar-refractivity contribution in [1.82, 2.24) is 14.9 Å². The van der Waals surface area contributed by atoms with Crippen molar-refractivity contribution in [1.29, 1.82) is 0 Å². The maximum absolute atomic E-state index is 12.8. The van der Waals surface area contributed by atoms with Crippen LogP contribution >= 0.6 is 24.0 Å². The van der Waals surface area contributed by atoms with E-state index in [1.54, 1.807) is 6.92 Å². The number of carbonyl (C=O) groups is 1. The quantitative estimate of drug-likeness (QED) is 0.796. The summed E-state index contributed by atoms with van der Waals surface area (Å²) in [7, 11) is -3.76. The lowest BCUT2D eigenvalue weighted by molar-refractivity contribution is -0.135. The van der Waals surface area contributed by atoms with Gasteiger partial charge in [-0.15, -0.1) is 12.4 Å². The molecule has 3 unspecified atom stereocenters. The number of rotatable bonds is 4. The lowest BCUT2D eigenvalue weighted by Crippen LogP contribution is -2.51. The second-order valence-corrected chi connectivity index (χ2v) is 8.57. The fraction of sp³-hybridized carbons (Fsp3) is 0.562. The zero-order valence-electron chi connectivity index (χ0n) is 13.9. The second-order valence-electron chi connectivity index (χ2n) is 6.42. The first kappa shape index (κ1) is 20.5. The fourth-order valence-electron chi connectivity index (χ4n) is 3.53.